The van der Waals surface area contributed by atoms with Crippen molar-refractivity contribution < 1.29 is 4.79 Å². The minimum Gasteiger partial charge on any atom is -0.351 e. The molecule has 3 nitrogen and oxygen atoms in total. The summed E-state index contributed by atoms with van der Waals surface area (Å²) in [6, 6.07) is 8.77. The van der Waals surface area contributed by atoms with E-state index in [1.807, 2.05) is 0 Å². The van der Waals surface area contributed by atoms with Crippen molar-refractivity contribution >= 4 is 5.91 Å². The van der Waals surface area contributed by atoms with E-state index in [-0.39, 0.29) is 18.0 Å². The summed E-state index contributed by atoms with van der Waals surface area (Å²) in [5, 5.41) is 6.58. The van der Waals surface area contributed by atoms with Crippen molar-refractivity contribution in [3.8, 4) is 0 Å². The topological polar surface area (TPSA) is 41.1 Å². The zero-order valence-electron chi connectivity index (χ0n) is 11.5. The Bertz CT molecular complexity index is 447. The molecule has 2 unspecified atom stereocenters. The number of hydrogen-bond donors (Lipinski definition) is 2. The first kappa shape index (κ1) is 12.7. The van der Waals surface area contributed by atoms with Crippen LogP contribution in [-0.4, -0.2) is 24.5 Å². The molecule has 0 saturated carbocycles. The maximum absolute atomic E-state index is 12.3. The molecule has 0 radical (unpaired) electrons. The standard InChI is InChI=1S/C16H22N2O/c1-11-5-4-8-17-15(11)16(19)18-14-9-12-6-2-3-7-13(12)10-14/h2-3,6-7,11,14-15,17H,4-5,8-10H2,1H3,(H,18,19). The van der Waals surface area contributed by atoms with Crippen molar-refractivity contribution in [3.05, 3.63) is 35.4 Å². The number of carbonyl (C=O) groups is 1. The molecule has 2 aliphatic rings. The Balaban J connectivity index is 1.59. The summed E-state index contributed by atoms with van der Waals surface area (Å²) in [6.45, 7) is 3.13. The van der Waals surface area contributed by atoms with Gasteiger partial charge in [0.05, 0.1) is 6.04 Å². The van der Waals surface area contributed by atoms with Crippen LogP contribution < -0.4 is 10.6 Å². The Morgan fingerprint density at radius 1 is 1.26 bits per heavy atom. The van der Waals surface area contributed by atoms with Gasteiger partial charge in [0.1, 0.15) is 0 Å². The molecule has 3 heteroatoms. The number of piperidine rings is 1. The lowest BCUT2D eigenvalue weighted by Crippen LogP contribution is -2.53. The van der Waals surface area contributed by atoms with Crippen LogP contribution in [0.5, 0.6) is 0 Å². The predicted molar refractivity (Wildman–Crippen MR) is 76.0 cm³/mol. The molecule has 1 saturated heterocycles. The molecule has 1 aromatic rings. The maximum atomic E-state index is 12.3. The fraction of sp³-hybridized carbons (Fsp3) is 0.562. The van der Waals surface area contributed by atoms with Crippen molar-refractivity contribution in [2.24, 2.45) is 5.92 Å². The van der Waals surface area contributed by atoms with Gasteiger partial charge in [0.15, 0.2) is 0 Å². The first-order valence-electron chi connectivity index (χ1n) is 7.34. The van der Waals surface area contributed by atoms with Crippen LogP contribution in [0.15, 0.2) is 24.3 Å². The van der Waals surface area contributed by atoms with Crippen LogP contribution in [0.3, 0.4) is 0 Å². The predicted octanol–water partition coefficient (Wildman–Crippen LogP) is 1.66. The second kappa shape index (κ2) is 5.33. The lowest BCUT2D eigenvalue weighted by molar-refractivity contribution is -0.125. The second-order valence-corrected chi connectivity index (χ2v) is 5.93. The third-order valence-corrected chi connectivity index (χ3v) is 4.45. The minimum atomic E-state index is -0.00235. The summed E-state index contributed by atoms with van der Waals surface area (Å²) in [7, 11) is 0. The summed E-state index contributed by atoms with van der Waals surface area (Å²) in [5.74, 6) is 0.627. The Hall–Kier alpha value is -1.35. The van der Waals surface area contributed by atoms with Crippen LogP contribution in [0.4, 0.5) is 0 Å². The second-order valence-electron chi connectivity index (χ2n) is 5.93. The molecule has 1 aromatic carbocycles. The van der Waals surface area contributed by atoms with Crippen molar-refractivity contribution in [2.75, 3.05) is 6.54 Å². The zero-order valence-corrected chi connectivity index (χ0v) is 11.5. The highest BCUT2D eigenvalue weighted by Crippen LogP contribution is 2.22. The highest BCUT2D eigenvalue weighted by atomic mass is 16.2. The summed E-state index contributed by atoms with van der Waals surface area (Å²) >= 11 is 0. The summed E-state index contributed by atoms with van der Waals surface area (Å²) < 4.78 is 0. The molecule has 19 heavy (non-hydrogen) atoms. The molecule has 0 bridgehead atoms. The molecule has 3 rings (SSSR count). The number of fused-ring (bicyclic) bond motifs is 1. The quantitative estimate of drug-likeness (QED) is 0.847. The molecule has 0 spiro atoms. The van der Waals surface area contributed by atoms with E-state index in [1.165, 1.54) is 17.5 Å². The van der Waals surface area contributed by atoms with E-state index >= 15 is 0 Å². The van der Waals surface area contributed by atoms with Crippen LogP contribution in [0.25, 0.3) is 0 Å². The van der Waals surface area contributed by atoms with Crippen LogP contribution in [0.1, 0.15) is 30.9 Å². The molecule has 1 aliphatic heterocycles. The van der Waals surface area contributed by atoms with Crippen LogP contribution in [-0.2, 0) is 17.6 Å². The normalized spacial score (nSPS) is 27.0. The largest absolute Gasteiger partial charge is 0.351 e. The smallest absolute Gasteiger partial charge is 0.237 e. The van der Waals surface area contributed by atoms with E-state index in [0.29, 0.717) is 5.92 Å². The van der Waals surface area contributed by atoms with Crippen molar-refractivity contribution in [2.45, 2.75) is 44.7 Å². The van der Waals surface area contributed by atoms with Crippen molar-refractivity contribution in [1.29, 1.82) is 0 Å². The number of nitrogens with one attached hydrogen (secondary N) is 2. The number of rotatable bonds is 2. The average Bonchev–Trinajstić information content (AvgIpc) is 2.81. The first-order valence-corrected chi connectivity index (χ1v) is 7.34. The molecule has 2 atom stereocenters. The highest BCUT2D eigenvalue weighted by Gasteiger charge is 2.30. The van der Waals surface area contributed by atoms with Gasteiger partial charge in [-0.3, -0.25) is 4.79 Å². The zero-order chi connectivity index (χ0) is 13.2. The van der Waals surface area contributed by atoms with Crippen LogP contribution in [0, 0.1) is 5.92 Å². The molecule has 1 heterocycles. The van der Waals surface area contributed by atoms with E-state index in [0.717, 1.165) is 25.8 Å². The molecular formula is C16H22N2O. The van der Waals surface area contributed by atoms with E-state index in [2.05, 4.69) is 41.8 Å². The third kappa shape index (κ3) is 2.66. The minimum absolute atomic E-state index is 0.00235. The molecule has 1 aliphatic carbocycles. The SMILES string of the molecule is CC1CCCNC1C(=O)NC1Cc2ccccc2C1. The van der Waals surface area contributed by atoms with E-state index in [4.69, 9.17) is 0 Å². The van der Waals surface area contributed by atoms with E-state index in [9.17, 15) is 4.79 Å². The van der Waals surface area contributed by atoms with E-state index in [1.54, 1.807) is 0 Å². The summed E-state index contributed by atoms with van der Waals surface area (Å²) in [6.07, 6.45) is 4.28. The van der Waals surface area contributed by atoms with Gasteiger partial charge >= 0.3 is 0 Å². The average molecular weight is 258 g/mol. The van der Waals surface area contributed by atoms with Crippen molar-refractivity contribution in [3.63, 3.8) is 0 Å². The lowest BCUT2D eigenvalue weighted by atomic mass is 9.92. The fourth-order valence-electron chi connectivity index (χ4n) is 3.35. The Kier molecular flexibility index (Phi) is 3.56. The number of amides is 1. The number of hydrogen-bond acceptors (Lipinski definition) is 2. The molecule has 1 fully saturated rings. The van der Waals surface area contributed by atoms with Crippen molar-refractivity contribution in [1.82, 2.24) is 10.6 Å². The molecular weight excluding hydrogens is 236 g/mol. The Morgan fingerprint density at radius 2 is 1.95 bits per heavy atom. The molecule has 102 valence electrons. The van der Waals surface area contributed by atoms with Gasteiger partial charge in [-0.1, -0.05) is 31.2 Å². The fourth-order valence-corrected chi connectivity index (χ4v) is 3.35. The summed E-state index contributed by atoms with van der Waals surface area (Å²) in [5.41, 5.74) is 2.77. The summed E-state index contributed by atoms with van der Waals surface area (Å²) in [4.78, 5) is 12.3. The van der Waals surface area contributed by atoms with Crippen LogP contribution >= 0.6 is 0 Å². The third-order valence-electron chi connectivity index (χ3n) is 4.45. The van der Waals surface area contributed by atoms with Gasteiger partial charge in [-0.25, -0.2) is 0 Å². The van der Waals surface area contributed by atoms with Gasteiger partial charge < -0.3 is 10.6 Å². The monoisotopic (exact) mass is 258 g/mol. The van der Waals surface area contributed by atoms with Gasteiger partial charge in [0.25, 0.3) is 0 Å². The van der Waals surface area contributed by atoms with Crippen LogP contribution in [0.2, 0.25) is 0 Å². The van der Waals surface area contributed by atoms with Gasteiger partial charge in [0, 0.05) is 6.04 Å². The maximum Gasteiger partial charge on any atom is 0.237 e. The van der Waals surface area contributed by atoms with Gasteiger partial charge in [-0.15, -0.1) is 0 Å². The lowest BCUT2D eigenvalue weighted by Gasteiger charge is -2.30. The Morgan fingerprint density at radius 3 is 2.58 bits per heavy atom. The van der Waals surface area contributed by atoms with E-state index < -0.39 is 0 Å². The molecule has 2 N–H and O–H groups in total. The Labute approximate surface area is 114 Å². The highest BCUT2D eigenvalue weighted by molar-refractivity contribution is 5.82. The molecule has 1 amide bonds. The van der Waals surface area contributed by atoms with Gasteiger partial charge in [-0.05, 0) is 49.3 Å². The number of benzene rings is 1. The van der Waals surface area contributed by atoms with Gasteiger partial charge in [-0.2, -0.15) is 0 Å². The number of carbonyl (C=O) groups excluding carboxylic acids is 1. The molecule has 0 aromatic heterocycles. The first-order chi connectivity index (χ1) is 9.24. The van der Waals surface area contributed by atoms with Gasteiger partial charge in [0.2, 0.25) is 5.91 Å².